The summed E-state index contributed by atoms with van der Waals surface area (Å²) >= 11 is 32.9. The maximum atomic E-state index is 6.38. The molecule has 2 unspecified atom stereocenters. The summed E-state index contributed by atoms with van der Waals surface area (Å²) < 4.78 is 11.5. The van der Waals surface area contributed by atoms with Crippen LogP contribution in [-0.2, 0) is 12.8 Å². The average molecular weight is 717 g/mol. The summed E-state index contributed by atoms with van der Waals surface area (Å²) in [5.74, 6) is 1.20. The first-order chi connectivity index (χ1) is 13.8. The number of hydrogen-bond donors (Lipinski definition) is 0. The van der Waals surface area contributed by atoms with Gasteiger partial charge in [0.15, 0.2) is 5.75 Å². The third-order valence-corrected chi connectivity index (χ3v) is 9.25. The van der Waals surface area contributed by atoms with Gasteiger partial charge in [-0.3, -0.25) is 0 Å². The number of rotatable bonds is 11. The normalized spacial score (nSPS) is 13.2. The van der Waals surface area contributed by atoms with Crippen LogP contribution < -0.4 is 9.47 Å². The molecule has 2 aromatic carbocycles. The Morgan fingerprint density at radius 3 is 1.79 bits per heavy atom. The van der Waals surface area contributed by atoms with E-state index in [0.717, 1.165) is 34.6 Å². The molecule has 0 aliphatic rings. The molecule has 0 spiro atoms. The van der Waals surface area contributed by atoms with Crippen LogP contribution in [0.2, 0.25) is 15.1 Å². The summed E-state index contributed by atoms with van der Waals surface area (Å²) in [4.78, 5) is 0.422. The molecular formula is C20H19Br4Cl3O2. The quantitative estimate of drug-likeness (QED) is 0.217. The third-order valence-electron chi connectivity index (χ3n) is 3.92. The summed E-state index contributed by atoms with van der Waals surface area (Å²) in [6.07, 6.45) is 1.59. The van der Waals surface area contributed by atoms with E-state index in [1.54, 1.807) is 0 Å². The number of hydrogen-bond acceptors (Lipinski definition) is 2. The molecule has 0 radical (unpaired) electrons. The molecule has 0 aromatic heterocycles. The van der Waals surface area contributed by atoms with Gasteiger partial charge in [-0.1, -0.05) is 105 Å². The highest BCUT2D eigenvalue weighted by Crippen LogP contribution is 2.35. The average Bonchev–Trinajstić information content (AvgIpc) is 2.70. The van der Waals surface area contributed by atoms with Crippen LogP contribution in [0.3, 0.4) is 0 Å². The van der Waals surface area contributed by atoms with Crippen LogP contribution >= 0.6 is 98.5 Å². The molecule has 0 aliphatic carbocycles. The van der Waals surface area contributed by atoms with E-state index >= 15 is 0 Å². The second kappa shape index (κ2) is 13.4. The minimum absolute atomic E-state index is 0.186. The molecule has 2 rings (SSSR count). The summed E-state index contributed by atoms with van der Waals surface area (Å²) in [5, 5.41) is 3.22. The molecule has 2 aromatic rings. The van der Waals surface area contributed by atoms with Crippen molar-refractivity contribution in [2.45, 2.75) is 22.5 Å². The lowest BCUT2D eigenvalue weighted by molar-refractivity contribution is 0.325. The monoisotopic (exact) mass is 712 g/mol. The molecule has 0 bridgehead atoms. The Bertz CT molecular complexity index is 784. The maximum absolute atomic E-state index is 6.38. The zero-order valence-electron chi connectivity index (χ0n) is 15.2. The van der Waals surface area contributed by atoms with Gasteiger partial charge in [0.05, 0.1) is 24.7 Å². The van der Waals surface area contributed by atoms with Crippen LogP contribution in [0.5, 0.6) is 11.5 Å². The van der Waals surface area contributed by atoms with Crippen molar-refractivity contribution in [2.75, 3.05) is 23.9 Å². The van der Waals surface area contributed by atoms with Gasteiger partial charge in [0.1, 0.15) is 19.0 Å². The predicted molar refractivity (Wildman–Crippen MR) is 139 cm³/mol. The molecule has 0 N–H and O–H groups in total. The summed E-state index contributed by atoms with van der Waals surface area (Å²) in [7, 11) is 0. The zero-order chi connectivity index (χ0) is 21.4. The Balaban J connectivity index is 1.98. The van der Waals surface area contributed by atoms with Crippen molar-refractivity contribution in [2.24, 2.45) is 0 Å². The van der Waals surface area contributed by atoms with Gasteiger partial charge < -0.3 is 9.47 Å². The van der Waals surface area contributed by atoms with E-state index in [9.17, 15) is 0 Å². The molecule has 160 valence electrons. The number of alkyl halides is 4. The molecule has 0 aliphatic heterocycles. The number of ether oxygens (including phenoxy) is 2. The number of benzene rings is 2. The summed E-state index contributed by atoms with van der Waals surface area (Å²) in [6.45, 7) is 1.02. The zero-order valence-corrected chi connectivity index (χ0v) is 23.9. The Morgan fingerprint density at radius 2 is 1.24 bits per heavy atom. The van der Waals surface area contributed by atoms with Crippen molar-refractivity contribution in [1.29, 1.82) is 0 Å². The van der Waals surface area contributed by atoms with E-state index in [1.807, 2.05) is 30.3 Å². The Kier molecular flexibility index (Phi) is 12.0. The van der Waals surface area contributed by atoms with Crippen LogP contribution in [-0.4, -0.2) is 33.5 Å². The fourth-order valence-electron chi connectivity index (χ4n) is 2.44. The largest absolute Gasteiger partial charge is 0.491 e. The summed E-state index contributed by atoms with van der Waals surface area (Å²) in [5.41, 5.74) is 2.16. The first-order valence-corrected chi connectivity index (χ1v) is 14.0. The Hall–Kier alpha value is 0.830. The minimum Gasteiger partial charge on any atom is -0.491 e. The van der Waals surface area contributed by atoms with E-state index in [4.69, 9.17) is 44.3 Å². The first kappa shape index (κ1) is 26.1. The lowest BCUT2D eigenvalue weighted by Gasteiger charge is -2.14. The van der Waals surface area contributed by atoms with Gasteiger partial charge in [0.25, 0.3) is 0 Å². The van der Waals surface area contributed by atoms with Gasteiger partial charge in [-0.05, 0) is 48.2 Å². The van der Waals surface area contributed by atoms with E-state index in [1.165, 1.54) is 0 Å². The fraction of sp³-hybridized carbons (Fsp3) is 0.400. The SMILES string of the molecule is Clc1cc(CCc2cc(Cl)c(OCC(Br)CBr)c(Cl)c2)ccc1OCC(Br)CBr. The van der Waals surface area contributed by atoms with Crippen molar-refractivity contribution >= 4 is 98.5 Å². The molecule has 0 saturated carbocycles. The molecule has 2 atom stereocenters. The van der Waals surface area contributed by atoms with E-state index in [0.29, 0.717) is 39.8 Å². The highest BCUT2D eigenvalue weighted by molar-refractivity contribution is 9.12. The van der Waals surface area contributed by atoms with E-state index in [2.05, 4.69) is 63.7 Å². The highest BCUT2D eigenvalue weighted by Gasteiger charge is 2.13. The van der Waals surface area contributed by atoms with Crippen LogP contribution in [0.25, 0.3) is 0 Å². The molecule has 2 nitrogen and oxygen atoms in total. The molecule has 0 saturated heterocycles. The maximum Gasteiger partial charge on any atom is 0.156 e. The molecule has 0 heterocycles. The third kappa shape index (κ3) is 8.70. The van der Waals surface area contributed by atoms with Gasteiger partial charge in [-0.15, -0.1) is 0 Å². The first-order valence-electron chi connectivity index (χ1n) is 8.76. The van der Waals surface area contributed by atoms with E-state index < -0.39 is 0 Å². The van der Waals surface area contributed by atoms with Crippen LogP contribution in [0.4, 0.5) is 0 Å². The van der Waals surface area contributed by atoms with Crippen molar-refractivity contribution in [3.63, 3.8) is 0 Å². The molecule has 9 heteroatoms. The van der Waals surface area contributed by atoms with Crippen LogP contribution in [0.1, 0.15) is 11.1 Å². The number of halogens is 7. The molecular weight excluding hydrogens is 698 g/mol. The van der Waals surface area contributed by atoms with Crippen molar-refractivity contribution in [1.82, 2.24) is 0 Å². The minimum atomic E-state index is 0.186. The highest BCUT2D eigenvalue weighted by atomic mass is 79.9. The Morgan fingerprint density at radius 1 is 0.724 bits per heavy atom. The van der Waals surface area contributed by atoms with Crippen molar-refractivity contribution < 1.29 is 9.47 Å². The molecule has 0 amide bonds. The number of aryl methyl sites for hydroxylation is 2. The van der Waals surface area contributed by atoms with Crippen molar-refractivity contribution in [3.8, 4) is 11.5 Å². The van der Waals surface area contributed by atoms with Gasteiger partial charge >= 0.3 is 0 Å². The van der Waals surface area contributed by atoms with E-state index in [-0.39, 0.29) is 9.65 Å². The second-order valence-corrected chi connectivity index (χ2v) is 11.4. The van der Waals surface area contributed by atoms with Gasteiger partial charge in [-0.25, -0.2) is 0 Å². The lowest BCUT2D eigenvalue weighted by atomic mass is 10.0. The summed E-state index contributed by atoms with van der Waals surface area (Å²) in [6, 6.07) is 9.66. The van der Waals surface area contributed by atoms with Gasteiger partial charge in [0, 0.05) is 10.7 Å². The fourth-order valence-corrected chi connectivity index (χ4v) is 3.98. The van der Waals surface area contributed by atoms with Gasteiger partial charge in [-0.2, -0.15) is 0 Å². The molecule has 0 fully saturated rings. The van der Waals surface area contributed by atoms with Crippen molar-refractivity contribution in [3.05, 3.63) is 56.5 Å². The Labute approximate surface area is 220 Å². The standard InChI is InChI=1S/C20H19Br4Cl3O2/c21-8-14(23)10-28-19-4-3-12(5-16(19)25)1-2-13-6-17(26)20(18(27)7-13)29-11-15(24)9-22/h3-7,14-15H,1-2,8-11H2. The topological polar surface area (TPSA) is 18.5 Å². The predicted octanol–water partition coefficient (Wildman–Crippen LogP) is 8.51. The lowest BCUT2D eigenvalue weighted by Crippen LogP contribution is -2.12. The molecule has 29 heavy (non-hydrogen) atoms. The van der Waals surface area contributed by atoms with Gasteiger partial charge in [0.2, 0.25) is 0 Å². The second-order valence-electron chi connectivity index (χ2n) is 6.28. The van der Waals surface area contributed by atoms with Crippen LogP contribution in [0, 0.1) is 0 Å². The van der Waals surface area contributed by atoms with Crippen LogP contribution in [0.15, 0.2) is 30.3 Å². The smallest absolute Gasteiger partial charge is 0.156 e.